The van der Waals surface area contributed by atoms with Crippen LogP contribution in [0.5, 0.6) is 0 Å². The monoisotopic (exact) mass is 784 g/mol. The van der Waals surface area contributed by atoms with Gasteiger partial charge in [-0.3, -0.25) is 14.7 Å². The number of benzene rings is 2. The third-order valence-corrected chi connectivity index (χ3v) is 9.78. The van der Waals surface area contributed by atoms with Crippen LogP contribution in [0, 0.1) is 18.2 Å². The van der Waals surface area contributed by atoms with Gasteiger partial charge >= 0.3 is 12.3 Å². The number of halogens is 7. The lowest BCUT2D eigenvalue weighted by Gasteiger charge is -2.32. The van der Waals surface area contributed by atoms with E-state index in [0.717, 1.165) is 22.0 Å². The van der Waals surface area contributed by atoms with Crippen LogP contribution in [0.2, 0.25) is 5.02 Å². The number of alkyl halides is 5. The lowest BCUT2D eigenvalue weighted by atomic mass is 9.92. The van der Waals surface area contributed by atoms with Gasteiger partial charge < -0.3 is 15.8 Å². The predicted molar refractivity (Wildman–Crippen MR) is 186 cm³/mol. The number of nitrogens with one attached hydrogen (secondary N) is 1. The molecule has 0 unspecified atom stereocenters. The van der Waals surface area contributed by atoms with Gasteiger partial charge in [-0.2, -0.15) is 18.3 Å². The van der Waals surface area contributed by atoms with Crippen LogP contribution in [0.15, 0.2) is 53.2 Å². The van der Waals surface area contributed by atoms with Crippen LogP contribution in [0.4, 0.5) is 31.1 Å². The molecule has 5 rings (SSSR count). The molecule has 1 saturated carbocycles. The van der Waals surface area contributed by atoms with Crippen LogP contribution >= 0.6 is 22.9 Å². The van der Waals surface area contributed by atoms with Crippen LogP contribution in [0.3, 0.4) is 0 Å². The van der Waals surface area contributed by atoms with Crippen molar-refractivity contribution >= 4 is 40.9 Å². The van der Waals surface area contributed by atoms with Crippen molar-refractivity contribution in [1.29, 1.82) is 0 Å². The largest absolute Gasteiger partial charge is 0.447 e. The SMILES string of the molecule is Cc1ncsc1-c1ccc(C(=O)N(C(N)=NCCC(C)(C)C)[C@H](COC(=O)NC2(C(F)(F)F)CC2)c2ccc(Cl)c(-n3ncnc3C(F)F)c2)c(F)c1. The zero-order chi connectivity index (χ0) is 38.9. The van der Waals surface area contributed by atoms with Crippen LogP contribution in [-0.2, 0) is 4.74 Å². The van der Waals surface area contributed by atoms with E-state index < -0.39 is 66.0 Å². The summed E-state index contributed by atoms with van der Waals surface area (Å²) in [5, 5.41) is 5.61. The predicted octanol–water partition coefficient (Wildman–Crippen LogP) is 8.18. The first-order valence-corrected chi connectivity index (χ1v) is 17.4. The van der Waals surface area contributed by atoms with Gasteiger partial charge in [-0.15, -0.1) is 11.3 Å². The molecular weight excluding hydrogens is 750 g/mol. The van der Waals surface area contributed by atoms with E-state index in [1.807, 2.05) is 26.1 Å². The van der Waals surface area contributed by atoms with E-state index in [1.54, 1.807) is 12.4 Å². The van der Waals surface area contributed by atoms with Gasteiger partial charge in [0.25, 0.3) is 12.3 Å². The summed E-state index contributed by atoms with van der Waals surface area (Å²) in [5.41, 5.74) is 5.86. The highest BCUT2D eigenvalue weighted by atomic mass is 35.5. The normalized spacial score (nSPS) is 15.0. The number of nitrogens with two attached hydrogens (primary N) is 1. The summed E-state index contributed by atoms with van der Waals surface area (Å²) in [7, 11) is 0. The molecule has 1 aliphatic rings. The second-order valence-corrected chi connectivity index (χ2v) is 14.8. The fourth-order valence-corrected chi connectivity index (χ4v) is 6.32. The third-order valence-electron chi connectivity index (χ3n) is 8.48. The first-order valence-electron chi connectivity index (χ1n) is 16.1. The van der Waals surface area contributed by atoms with Gasteiger partial charge in [0.15, 0.2) is 11.8 Å². The van der Waals surface area contributed by atoms with Gasteiger partial charge in [0, 0.05) is 6.54 Å². The second kappa shape index (κ2) is 15.3. The second-order valence-electron chi connectivity index (χ2n) is 13.5. The zero-order valence-corrected chi connectivity index (χ0v) is 30.4. The van der Waals surface area contributed by atoms with Crippen LogP contribution < -0.4 is 11.1 Å². The average Bonchev–Trinajstić information content (AvgIpc) is 3.48. The molecule has 4 aromatic rings. The van der Waals surface area contributed by atoms with Gasteiger partial charge in [0.1, 0.15) is 24.3 Å². The van der Waals surface area contributed by atoms with E-state index in [0.29, 0.717) is 22.6 Å². The molecule has 1 fully saturated rings. The summed E-state index contributed by atoms with van der Waals surface area (Å²) in [4.78, 5) is 40.9. The number of guanidine groups is 1. The Morgan fingerprint density at radius 3 is 2.45 bits per heavy atom. The highest BCUT2D eigenvalue weighted by Crippen LogP contribution is 2.49. The number of nitrogens with zero attached hydrogens (tertiary/aromatic N) is 6. The van der Waals surface area contributed by atoms with Crippen molar-refractivity contribution in [2.75, 3.05) is 13.2 Å². The maximum Gasteiger partial charge on any atom is 0.411 e. The molecular formula is C34H35ClF6N8O3S. The molecule has 284 valence electrons. The highest BCUT2D eigenvalue weighted by molar-refractivity contribution is 7.13. The van der Waals surface area contributed by atoms with Crippen molar-refractivity contribution in [3.63, 3.8) is 0 Å². The molecule has 1 atom stereocenters. The molecule has 11 nitrogen and oxygen atoms in total. The smallest absolute Gasteiger partial charge is 0.411 e. The van der Waals surface area contributed by atoms with E-state index in [9.17, 15) is 31.5 Å². The summed E-state index contributed by atoms with van der Waals surface area (Å²) in [6, 6.07) is 6.21. The van der Waals surface area contributed by atoms with Gasteiger partial charge in [0.2, 0.25) is 0 Å². The van der Waals surface area contributed by atoms with Crippen LogP contribution in [0.1, 0.15) is 79.9 Å². The van der Waals surface area contributed by atoms with Gasteiger partial charge in [0.05, 0.1) is 38.4 Å². The van der Waals surface area contributed by atoms with Gasteiger partial charge in [-0.25, -0.2) is 32.6 Å². The molecule has 19 heteroatoms. The number of alkyl carbamates (subject to hydrolysis) is 1. The molecule has 1 aliphatic carbocycles. The molecule has 53 heavy (non-hydrogen) atoms. The Morgan fingerprint density at radius 2 is 1.87 bits per heavy atom. The van der Waals surface area contributed by atoms with Crippen molar-refractivity contribution in [2.24, 2.45) is 16.1 Å². The number of carbonyl (C=O) groups is 2. The van der Waals surface area contributed by atoms with Crippen molar-refractivity contribution < 1.29 is 40.7 Å². The number of rotatable bonds is 11. The van der Waals surface area contributed by atoms with E-state index in [2.05, 4.69) is 20.1 Å². The Labute approximate surface area is 309 Å². The molecule has 2 heterocycles. The summed E-state index contributed by atoms with van der Waals surface area (Å²) in [6.45, 7) is 6.82. The number of hydrogen-bond donors (Lipinski definition) is 2. The minimum atomic E-state index is -4.76. The number of amides is 2. The standard InChI is InChI=1S/C34H35ClF6N8O3S/c1-18-26(53-17-45-18)20-5-7-21(23(36)13-20)29(50)48(30(42)43-12-11-32(2,3)4)25(15-52-31(51)47-33(9-10-33)34(39,40)41)19-6-8-22(35)24(14-19)49-28(27(37)38)44-16-46-49/h5-8,13-14,16-17,25,27H,9-12,15H2,1-4H3,(H2,42,43)(H,47,51)/t25-/m1/s1. The maximum atomic E-state index is 15.9. The topological polar surface area (TPSA) is 141 Å². The fraction of sp³-hybridized carbons (Fsp3) is 0.412. The van der Waals surface area contributed by atoms with E-state index >= 15 is 4.39 Å². The van der Waals surface area contributed by atoms with E-state index in [-0.39, 0.29) is 41.1 Å². The number of ether oxygens (including phenoxy) is 1. The number of thiazole rings is 1. The highest BCUT2D eigenvalue weighted by Gasteiger charge is 2.64. The molecule has 2 aromatic carbocycles. The maximum absolute atomic E-state index is 15.9. The van der Waals surface area contributed by atoms with E-state index in [1.165, 1.54) is 41.7 Å². The first-order chi connectivity index (χ1) is 24.8. The van der Waals surface area contributed by atoms with Gasteiger partial charge in [-0.1, -0.05) is 44.5 Å². The lowest BCUT2D eigenvalue weighted by Crippen LogP contribution is -2.49. The van der Waals surface area contributed by atoms with Crippen molar-refractivity contribution in [3.8, 4) is 16.1 Å². The molecule has 0 spiro atoms. The Balaban J connectivity index is 1.61. The van der Waals surface area contributed by atoms with Crippen molar-refractivity contribution in [3.05, 3.63) is 81.7 Å². The summed E-state index contributed by atoms with van der Waals surface area (Å²) in [6.07, 6.45) is -8.66. The average molecular weight is 785 g/mol. The number of aromatic nitrogens is 4. The summed E-state index contributed by atoms with van der Waals surface area (Å²) < 4.78 is 90.6. The molecule has 0 radical (unpaired) electrons. The third kappa shape index (κ3) is 8.92. The van der Waals surface area contributed by atoms with E-state index in [4.69, 9.17) is 22.1 Å². The molecule has 2 aromatic heterocycles. The van der Waals surface area contributed by atoms with Crippen LogP contribution in [0.25, 0.3) is 16.1 Å². The molecule has 0 bridgehead atoms. The van der Waals surface area contributed by atoms with Crippen molar-refractivity contribution in [2.45, 2.75) is 71.1 Å². The minimum Gasteiger partial charge on any atom is -0.447 e. The quantitative estimate of drug-likeness (QED) is 0.0888. The Hall–Kier alpha value is -4.71. The fourth-order valence-electron chi connectivity index (χ4n) is 5.32. The number of aliphatic imine (C=N–C) groups is 1. The minimum absolute atomic E-state index is 0.0320. The zero-order valence-electron chi connectivity index (χ0n) is 28.8. The molecule has 3 N–H and O–H groups in total. The van der Waals surface area contributed by atoms with Gasteiger partial charge in [-0.05, 0) is 67.0 Å². The summed E-state index contributed by atoms with van der Waals surface area (Å²) >= 11 is 7.67. The first kappa shape index (κ1) is 39.5. The Bertz CT molecular complexity index is 2010. The molecule has 0 saturated heterocycles. The molecule has 0 aliphatic heterocycles. The number of carbonyl (C=O) groups excluding carboxylic acids is 2. The van der Waals surface area contributed by atoms with Crippen LogP contribution in [-0.4, -0.2) is 67.5 Å². The number of aryl methyl sites for hydroxylation is 1. The Kier molecular flexibility index (Phi) is 11.4. The van der Waals surface area contributed by atoms with Crippen molar-refractivity contribution in [1.82, 2.24) is 30.0 Å². The lowest BCUT2D eigenvalue weighted by molar-refractivity contribution is -0.164. The Morgan fingerprint density at radius 1 is 1.15 bits per heavy atom. The molecule has 2 amide bonds. The summed E-state index contributed by atoms with van der Waals surface area (Å²) in [5.74, 6) is -3.23. The number of hydrogen-bond acceptors (Lipinski definition) is 8.